The molecule has 0 amide bonds. The van der Waals surface area contributed by atoms with Crippen molar-refractivity contribution in [2.75, 3.05) is 32.6 Å². The number of nitrogens with one attached hydrogen (secondary N) is 1. The molecule has 0 aliphatic carbocycles. The molecule has 1 unspecified atom stereocenters. The van der Waals surface area contributed by atoms with E-state index in [9.17, 15) is 0 Å². The van der Waals surface area contributed by atoms with E-state index in [4.69, 9.17) is 4.74 Å². The van der Waals surface area contributed by atoms with E-state index in [0.717, 1.165) is 31.5 Å². The second kappa shape index (κ2) is 11.2. The lowest BCUT2D eigenvalue weighted by Crippen LogP contribution is -2.27. The zero-order valence-electron chi connectivity index (χ0n) is 13.1. The average molecular weight is 295 g/mol. The minimum absolute atomic E-state index is 0.767. The van der Waals surface area contributed by atoms with Crippen molar-refractivity contribution in [1.82, 2.24) is 5.32 Å². The zero-order chi connectivity index (χ0) is 14.6. The van der Waals surface area contributed by atoms with Crippen LogP contribution in [0.15, 0.2) is 35.2 Å². The second-order valence-electron chi connectivity index (χ2n) is 5.64. The minimum Gasteiger partial charge on any atom is -0.383 e. The van der Waals surface area contributed by atoms with Crippen LogP contribution in [0.3, 0.4) is 0 Å². The Labute approximate surface area is 128 Å². The van der Waals surface area contributed by atoms with Gasteiger partial charge in [0.1, 0.15) is 0 Å². The van der Waals surface area contributed by atoms with Gasteiger partial charge >= 0.3 is 0 Å². The van der Waals surface area contributed by atoms with Crippen LogP contribution >= 0.6 is 11.8 Å². The first-order valence-electron chi connectivity index (χ1n) is 7.60. The highest BCUT2D eigenvalue weighted by Gasteiger charge is 2.10. The van der Waals surface area contributed by atoms with E-state index in [0.29, 0.717) is 0 Å². The molecule has 0 saturated heterocycles. The summed E-state index contributed by atoms with van der Waals surface area (Å²) >= 11 is 1.97. The van der Waals surface area contributed by atoms with Crippen LogP contribution in [-0.4, -0.2) is 32.6 Å². The molecule has 0 heterocycles. The highest BCUT2D eigenvalue weighted by Crippen LogP contribution is 2.22. The molecule has 20 heavy (non-hydrogen) atoms. The fourth-order valence-electron chi connectivity index (χ4n) is 2.31. The summed E-state index contributed by atoms with van der Waals surface area (Å²) < 4.78 is 5.08. The van der Waals surface area contributed by atoms with Crippen LogP contribution in [0, 0.1) is 11.8 Å². The Bertz CT molecular complexity index is 329. The van der Waals surface area contributed by atoms with Crippen LogP contribution in [0.1, 0.15) is 26.7 Å². The van der Waals surface area contributed by atoms with E-state index in [1.807, 2.05) is 11.8 Å². The first-order chi connectivity index (χ1) is 9.72. The number of methoxy groups -OCH3 is 1. The van der Waals surface area contributed by atoms with E-state index < -0.39 is 0 Å². The molecule has 0 spiro atoms. The van der Waals surface area contributed by atoms with Crippen molar-refractivity contribution in [3.05, 3.63) is 30.3 Å². The van der Waals surface area contributed by atoms with E-state index >= 15 is 0 Å². The third kappa shape index (κ3) is 8.62. The molecule has 0 fully saturated rings. The summed E-state index contributed by atoms with van der Waals surface area (Å²) in [6.07, 6.45) is 2.58. The normalized spacial score (nSPS) is 12.8. The Balaban J connectivity index is 2.25. The number of ether oxygens (including phenoxy) is 1. The quantitative estimate of drug-likeness (QED) is 0.491. The van der Waals surface area contributed by atoms with Gasteiger partial charge in [-0.2, -0.15) is 0 Å². The van der Waals surface area contributed by atoms with Crippen LogP contribution in [0.5, 0.6) is 0 Å². The fourth-order valence-corrected chi connectivity index (χ4v) is 3.35. The molecule has 2 nitrogen and oxygen atoms in total. The van der Waals surface area contributed by atoms with Gasteiger partial charge in [-0.15, -0.1) is 11.8 Å². The zero-order valence-corrected chi connectivity index (χ0v) is 13.9. The van der Waals surface area contributed by atoms with Crippen LogP contribution in [0.4, 0.5) is 0 Å². The molecule has 0 radical (unpaired) electrons. The van der Waals surface area contributed by atoms with Crippen LogP contribution in [-0.2, 0) is 4.74 Å². The van der Waals surface area contributed by atoms with Crippen LogP contribution in [0.2, 0.25) is 0 Å². The second-order valence-corrected chi connectivity index (χ2v) is 6.81. The minimum atomic E-state index is 0.767. The third-order valence-corrected chi connectivity index (χ3v) is 4.30. The van der Waals surface area contributed by atoms with Gasteiger partial charge in [0.05, 0.1) is 6.61 Å². The Morgan fingerprint density at radius 1 is 1.20 bits per heavy atom. The highest BCUT2D eigenvalue weighted by atomic mass is 32.2. The molecule has 0 aliphatic heterocycles. The SMILES string of the molecule is COCCNCC(CCSc1ccccc1)CC(C)C. The van der Waals surface area contributed by atoms with Crippen molar-refractivity contribution in [2.45, 2.75) is 31.6 Å². The lowest BCUT2D eigenvalue weighted by molar-refractivity contribution is 0.197. The van der Waals surface area contributed by atoms with Crippen molar-refractivity contribution >= 4 is 11.8 Å². The summed E-state index contributed by atoms with van der Waals surface area (Å²) in [5.74, 6) is 2.74. The molecule has 0 saturated carbocycles. The molecule has 0 bridgehead atoms. The van der Waals surface area contributed by atoms with E-state index in [1.54, 1.807) is 7.11 Å². The number of hydrogen-bond acceptors (Lipinski definition) is 3. The Morgan fingerprint density at radius 3 is 2.60 bits per heavy atom. The number of rotatable bonds is 11. The predicted octanol–water partition coefficient (Wildman–Crippen LogP) is 4.07. The Kier molecular flexibility index (Phi) is 9.81. The van der Waals surface area contributed by atoms with E-state index in [2.05, 4.69) is 49.5 Å². The summed E-state index contributed by atoms with van der Waals surface area (Å²) in [7, 11) is 1.75. The molecule has 1 rings (SSSR count). The number of thioether (sulfide) groups is 1. The number of benzene rings is 1. The summed E-state index contributed by atoms with van der Waals surface area (Å²) in [5.41, 5.74) is 0. The maximum Gasteiger partial charge on any atom is 0.0587 e. The van der Waals surface area contributed by atoms with Gasteiger partial charge in [0.2, 0.25) is 0 Å². The summed E-state index contributed by atoms with van der Waals surface area (Å²) in [5, 5.41) is 3.51. The lowest BCUT2D eigenvalue weighted by Gasteiger charge is -2.19. The standard InChI is InChI=1S/C17H29NOS/c1-15(2)13-16(14-18-10-11-19-3)9-12-20-17-7-5-4-6-8-17/h4-8,15-16,18H,9-14H2,1-3H3. The number of hydrogen-bond donors (Lipinski definition) is 1. The van der Waals surface area contributed by atoms with Gasteiger partial charge in [-0.3, -0.25) is 0 Å². The van der Waals surface area contributed by atoms with Crippen LogP contribution < -0.4 is 5.32 Å². The topological polar surface area (TPSA) is 21.3 Å². The van der Waals surface area contributed by atoms with Crippen molar-refractivity contribution in [3.8, 4) is 0 Å². The van der Waals surface area contributed by atoms with Gasteiger partial charge in [0.25, 0.3) is 0 Å². The van der Waals surface area contributed by atoms with Gasteiger partial charge in [0.15, 0.2) is 0 Å². The summed E-state index contributed by atoms with van der Waals surface area (Å²) in [4.78, 5) is 1.38. The largest absolute Gasteiger partial charge is 0.383 e. The summed E-state index contributed by atoms with van der Waals surface area (Å²) in [6, 6.07) is 10.7. The third-order valence-electron chi connectivity index (χ3n) is 3.26. The predicted molar refractivity (Wildman–Crippen MR) is 89.5 cm³/mol. The van der Waals surface area contributed by atoms with Gasteiger partial charge in [0, 0.05) is 18.6 Å². The molecular weight excluding hydrogens is 266 g/mol. The smallest absolute Gasteiger partial charge is 0.0587 e. The van der Waals surface area contributed by atoms with Crippen molar-refractivity contribution in [3.63, 3.8) is 0 Å². The molecule has 1 atom stereocenters. The molecule has 1 aromatic carbocycles. The lowest BCUT2D eigenvalue weighted by atomic mass is 9.95. The van der Waals surface area contributed by atoms with Crippen LogP contribution in [0.25, 0.3) is 0 Å². The van der Waals surface area contributed by atoms with Gasteiger partial charge in [-0.25, -0.2) is 0 Å². The van der Waals surface area contributed by atoms with Gasteiger partial charge < -0.3 is 10.1 Å². The van der Waals surface area contributed by atoms with Gasteiger partial charge in [-0.1, -0.05) is 32.0 Å². The average Bonchev–Trinajstić information content (AvgIpc) is 2.44. The highest BCUT2D eigenvalue weighted by molar-refractivity contribution is 7.99. The molecular formula is C17H29NOS. The Hall–Kier alpha value is -0.510. The first kappa shape index (κ1) is 17.5. The first-order valence-corrected chi connectivity index (χ1v) is 8.58. The molecule has 0 aromatic heterocycles. The maximum absolute atomic E-state index is 5.08. The fraction of sp³-hybridized carbons (Fsp3) is 0.647. The monoisotopic (exact) mass is 295 g/mol. The maximum atomic E-state index is 5.08. The molecule has 0 aliphatic rings. The molecule has 114 valence electrons. The molecule has 3 heteroatoms. The van der Waals surface area contributed by atoms with Crippen molar-refractivity contribution < 1.29 is 4.74 Å². The molecule has 1 aromatic rings. The van der Waals surface area contributed by atoms with Crippen molar-refractivity contribution in [1.29, 1.82) is 0 Å². The van der Waals surface area contributed by atoms with E-state index in [1.165, 1.54) is 23.5 Å². The van der Waals surface area contributed by atoms with Crippen molar-refractivity contribution in [2.24, 2.45) is 11.8 Å². The Morgan fingerprint density at radius 2 is 1.95 bits per heavy atom. The molecule has 1 N–H and O–H groups in total. The van der Waals surface area contributed by atoms with E-state index in [-0.39, 0.29) is 0 Å². The van der Waals surface area contributed by atoms with Gasteiger partial charge in [-0.05, 0) is 49.1 Å². The summed E-state index contributed by atoms with van der Waals surface area (Å²) in [6.45, 7) is 7.49.